The molecule has 2 aliphatic carbocycles. The van der Waals surface area contributed by atoms with Crippen molar-refractivity contribution in [3.05, 3.63) is 0 Å². The summed E-state index contributed by atoms with van der Waals surface area (Å²) in [5, 5.41) is 3.48. The fraction of sp³-hybridized carbons (Fsp3) is 1.00. The van der Waals surface area contributed by atoms with Gasteiger partial charge in [-0.05, 0) is 61.9 Å². The Bertz CT molecular complexity index is 270. The number of rotatable bonds is 3. The lowest BCUT2D eigenvalue weighted by molar-refractivity contribution is 0.0590. The summed E-state index contributed by atoms with van der Waals surface area (Å²) in [6.07, 6.45) is 13.4. The fourth-order valence-corrected chi connectivity index (χ4v) is 4.89. The number of nitrogens with one attached hydrogen (secondary N) is 1. The van der Waals surface area contributed by atoms with E-state index in [9.17, 15) is 0 Å². The van der Waals surface area contributed by atoms with Gasteiger partial charge in [-0.2, -0.15) is 0 Å². The summed E-state index contributed by atoms with van der Waals surface area (Å²) in [6.45, 7) is 8.62. The molecule has 0 aliphatic heterocycles. The van der Waals surface area contributed by atoms with Crippen molar-refractivity contribution in [2.75, 3.05) is 13.6 Å². The normalized spacial score (nSPS) is 33.9. The van der Waals surface area contributed by atoms with Crippen molar-refractivity contribution in [1.29, 1.82) is 0 Å². The van der Waals surface area contributed by atoms with Crippen molar-refractivity contribution in [3.8, 4) is 0 Å². The van der Waals surface area contributed by atoms with Crippen molar-refractivity contribution >= 4 is 0 Å². The lowest BCUT2D eigenvalue weighted by Gasteiger charge is -2.45. The third kappa shape index (κ3) is 4.23. The van der Waals surface area contributed by atoms with E-state index in [4.69, 9.17) is 0 Å². The molecule has 0 aromatic carbocycles. The molecule has 3 unspecified atom stereocenters. The minimum Gasteiger partial charge on any atom is -0.319 e. The molecule has 0 radical (unpaired) electrons. The van der Waals surface area contributed by atoms with E-state index >= 15 is 0 Å². The van der Waals surface area contributed by atoms with Crippen LogP contribution in [0.4, 0.5) is 0 Å². The van der Waals surface area contributed by atoms with Crippen molar-refractivity contribution < 1.29 is 0 Å². The van der Waals surface area contributed by atoms with Crippen molar-refractivity contribution in [2.24, 2.45) is 29.1 Å². The fourth-order valence-electron chi connectivity index (χ4n) is 4.89. The largest absolute Gasteiger partial charge is 0.319 e. The first kappa shape index (κ1) is 16.3. The summed E-state index contributed by atoms with van der Waals surface area (Å²) in [4.78, 5) is 0. The van der Waals surface area contributed by atoms with Gasteiger partial charge in [-0.25, -0.2) is 0 Å². The molecule has 0 heterocycles. The molecule has 2 rings (SSSR count). The van der Waals surface area contributed by atoms with Gasteiger partial charge in [0.2, 0.25) is 0 Å². The molecule has 0 aromatic heterocycles. The first-order valence-electron chi connectivity index (χ1n) is 9.17. The zero-order valence-corrected chi connectivity index (χ0v) is 14.4. The SMILES string of the molecule is CNCC1CCC(C(C)(C)C)CC1C1CCCCCC1. The van der Waals surface area contributed by atoms with Crippen LogP contribution in [0.2, 0.25) is 0 Å². The van der Waals surface area contributed by atoms with Crippen LogP contribution < -0.4 is 5.32 Å². The molecule has 0 spiro atoms. The molecule has 1 N–H and O–H groups in total. The molecule has 2 saturated carbocycles. The van der Waals surface area contributed by atoms with E-state index in [1.165, 1.54) is 64.3 Å². The standard InChI is InChI=1S/C19H37N/c1-19(2,3)17-12-11-16(14-20-4)18(13-17)15-9-7-5-6-8-10-15/h15-18,20H,5-14H2,1-4H3. The highest BCUT2D eigenvalue weighted by Gasteiger charge is 2.38. The van der Waals surface area contributed by atoms with E-state index in [0.717, 1.165) is 23.7 Å². The third-order valence-electron chi connectivity index (χ3n) is 6.24. The summed E-state index contributed by atoms with van der Waals surface area (Å²) in [5.74, 6) is 3.92. The van der Waals surface area contributed by atoms with Gasteiger partial charge in [-0.3, -0.25) is 0 Å². The molecule has 0 saturated heterocycles. The second-order valence-corrected chi connectivity index (χ2v) is 8.61. The van der Waals surface area contributed by atoms with E-state index in [1.54, 1.807) is 0 Å². The van der Waals surface area contributed by atoms with Crippen molar-refractivity contribution in [3.63, 3.8) is 0 Å². The van der Waals surface area contributed by atoms with Crippen molar-refractivity contribution in [1.82, 2.24) is 5.32 Å². The molecular weight excluding hydrogens is 242 g/mol. The van der Waals surface area contributed by atoms with E-state index in [2.05, 4.69) is 33.1 Å². The van der Waals surface area contributed by atoms with Crippen LogP contribution in [-0.4, -0.2) is 13.6 Å². The summed E-state index contributed by atoms with van der Waals surface area (Å²) >= 11 is 0. The Labute approximate surface area is 127 Å². The van der Waals surface area contributed by atoms with E-state index < -0.39 is 0 Å². The average molecular weight is 280 g/mol. The minimum absolute atomic E-state index is 0.508. The summed E-state index contributed by atoms with van der Waals surface area (Å²) in [6, 6.07) is 0. The Balaban J connectivity index is 2.05. The van der Waals surface area contributed by atoms with Gasteiger partial charge >= 0.3 is 0 Å². The molecule has 2 aliphatic rings. The van der Waals surface area contributed by atoms with Crippen LogP contribution in [0.5, 0.6) is 0 Å². The molecule has 0 aromatic rings. The molecule has 3 atom stereocenters. The molecule has 2 fully saturated rings. The zero-order chi connectivity index (χ0) is 14.6. The van der Waals surface area contributed by atoms with Crippen LogP contribution in [0.1, 0.15) is 78.6 Å². The van der Waals surface area contributed by atoms with Crippen LogP contribution in [0.3, 0.4) is 0 Å². The Morgan fingerprint density at radius 2 is 1.55 bits per heavy atom. The lowest BCUT2D eigenvalue weighted by Crippen LogP contribution is -2.39. The molecule has 118 valence electrons. The molecule has 1 heteroatoms. The summed E-state index contributed by atoms with van der Waals surface area (Å²) < 4.78 is 0. The van der Waals surface area contributed by atoms with Crippen LogP contribution in [0.15, 0.2) is 0 Å². The van der Waals surface area contributed by atoms with Crippen LogP contribution >= 0.6 is 0 Å². The van der Waals surface area contributed by atoms with Crippen LogP contribution in [-0.2, 0) is 0 Å². The Hall–Kier alpha value is -0.0400. The third-order valence-corrected chi connectivity index (χ3v) is 6.24. The van der Waals surface area contributed by atoms with Gasteiger partial charge in [0, 0.05) is 0 Å². The monoisotopic (exact) mass is 279 g/mol. The predicted octanol–water partition coefficient (Wildman–Crippen LogP) is 5.25. The highest BCUT2D eigenvalue weighted by molar-refractivity contribution is 4.89. The zero-order valence-electron chi connectivity index (χ0n) is 14.4. The maximum atomic E-state index is 3.48. The van der Waals surface area contributed by atoms with E-state index in [-0.39, 0.29) is 0 Å². The Morgan fingerprint density at radius 1 is 0.900 bits per heavy atom. The van der Waals surface area contributed by atoms with Gasteiger partial charge < -0.3 is 5.32 Å². The van der Waals surface area contributed by atoms with Gasteiger partial charge in [0.05, 0.1) is 0 Å². The van der Waals surface area contributed by atoms with Gasteiger partial charge in [-0.15, -0.1) is 0 Å². The Morgan fingerprint density at radius 3 is 2.10 bits per heavy atom. The first-order valence-corrected chi connectivity index (χ1v) is 9.17. The number of hydrogen-bond donors (Lipinski definition) is 1. The molecule has 0 bridgehead atoms. The van der Waals surface area contributed by atoms with Crippen molar-refractivity contribution in [2.45, 2.75) is 78.6 Å². The van der Waals surface area contributed by atoms with Crippen LogP contribution in [0.25, 0.3) is 0 Å². The van der Waals surface area contributed by atoms with Gasteiger partial charge in [0.1, 0.15) is 0 Å². The topological polar surface area (TPSA) is 12.0 Å². The van der Waals surface area contributed by atoms with Crippen LogP contribution in [0, 0.1) is 29.1 Å². The highest BCUT2D eigenvalue weighted by Crippen LogP contribution is 2.47. The number of hydrogen-bond acceptors (Lipinski definition) is 1. The highest BCUT2D eigenvalue weighted by atomic mass is 14.8. The van der Waals surface area contributed by atoms with E-state index in [1.807, 2.05) is 0 Å². The minimum atomic E-state index is 0.508. The molecule has 0 amide bonds. The molecular formula is C19H37N. The average Bonchev–Trinajstić information content (AvgIpc) is 2.67. The Kier molecular flexibility index (Phi) is 5.95. The molecule has 1 nitrogen and oxygen atoms in total. The maximum absolute atomic E-state index is 3.48. The van der Waals surface area contributed by atoms with Gasteiger partial charge in [0.25, 0.3) is 0 Å². The summed E-state index contributed by atoms with van der Waals surface area (Å²) in [5.41, 5.74) is 0.508. The predicted molar refractivity (Wildman–Crippen MR) is 88.9 cm³/mol. The van der Waals surface area contributed by atoms with Gasteiger partial charge in [0.15, 0.2) is 0 Å². The van der Waals surface area contributed by atoms with E-state index in [0.29, 0.717) is 5.41 Å². The summed E-state index contributed by atoms with van der Waals surface area (Å²) in [7, 11) is 2.14. The maximum Gasteiger partial charge on any atom is -0.00208 e. The lowest BCUT2D eigenvalue weighted by atomic mass is 9.61. The second kappa shape index (κ2) is 7.29. The smallest absolute Gasteiger partial charge is 0.00208 e. The molecule has 20 heavy (non-hydrogen) atoms. The second-order valence-electron chi connectivity index (χ2n) is 8.61. The quantitative estimate of drug-likeness (QED) is 0.695. The van der Waals surface area contributed by atoms with Gasteiger partial charge in [-0.1, -0.05) is 59.3 Å². The first-order chi connectivity index (χ1) is 9.52.